The summed E-state index contributed by atoms with van der Waals surface area (Å²) >= 11 is 0. The van der Waals surface area contributed by atoms with Gasteiger partial charge in [0.25, 0.3) is 0 Å². The quantitative estimate of drug-likeness (QED) is 0.619. The largest absolute Gasteiger partial charge is 0.490 e. The Kier molecular flexibility index (Phi) is 6.07. The van der Waals surface area contributed by atoms with Gasteiger partial charge in [0, 0.05) is 25.1 Å². The highest BCUT2D eigenvalue weighted by molar-refractivity contribution is 5.79. The van der Waals surface area contributed by atoms with E-state index in [9.17, 15) is 5.11 Å². The smallest absolute Gasteiger partial charge is 0.127 e. The standard InChI is InChI=1S/C21H26N2O2/c22-21(23-13-7-2-8-14-23)15-18(24)16-25-20-12-6-5-11-19(20)17-9-3-1-4-10-17/h1,3-6,9-12,18,22,24H,2,7-8,13-16H2/t18-/m0/s1. The Morgan fingerprint density at radius 3 is 2.44 bits per heavy atom. The lowest BCUT2D eigenvalue weighted by Crippen LogP contribution is -2.37. The molecule has 0 aromatic heterocycles. The molecule has 0 radical (unpaired) electrons. The van der Waals surface area contributed by atoms with Gasteiger partial charge < -0.3 is 14.7 Å². The maximum absolute atomic E-state index is 10.3. The number of aliphatic hydroxyl groups excluding tert-OH is 1. The predicted molar refractivity (Wildman–Crippen MR) is 101 cm³/mol. The second kappa shape index (κ2) is 8.67. The molecule has 0 saturated carbocycles. The molecule has 2 N–H and O–H groups in total. The van der Waals surface area contributed by atoms with Gasteiger partial charge in [-0.3, -0.25) is 5.41 Å². The first kappa shape index (κ1) is 17.5. The van der Waals surface area contributed by atoms with Crippen LogP contribution in [0, 0.1) is 5.41 Å². The molecule has 4 heteroatoms. The maximum atomic E-state index is 10.3. The molecule has 2 aromatic rings. The number of rotatable bonds is 6. The normalized spacial score (nSPS) is 15.6. The van der Waals surface area contributed by atoms with Crippen molar-refractivity contribution in [2.45, 2.75) is 31.8 Å². The lowest BCUT2D eigenvalue weighted by atomic mass is 10.0. The summed E-state index contributed by atoms with van der Waals surface area (Å²) in [4.78, 5) is 2.07. The van der Waals surface area contributed by atoms with Crippen molar-refractivity contribution in [2.24, 2.45) is 0 Å². The van der Waals surface area contributed by atoms with E-state index in [1.165, 1.54) is 6.42 Å². The van der Waals surface area contributed by atoms with Gasteiger partial charge in [0.15, 0.2) is 0 Å². The van der Waals surface area contributed by atoms with Gasteiger partial charge in [-0.2, -0.15) is 0 Å². The van der Waals surface area contributed by atoms with E-state index in [2.05, 4.69) is 4.90 Å². The van der Waals surface area contributed by atoms with Crippen molar-refractivity contribution in [1.29, 1.82) is 5.41 Å². The number of para-hydroxylation sites is 1. The molecule has 3 rings (SSSR count). The van der Waals surface area contributed by atoms with Crippen LogP contribution in [-0.4, -0.2) is 41.6 Å². The molecule has 0 bridgehead atoms. The number of piperidine rings is 1. The second-order valence-electron chi connectivity index (χ2n) is 6.53. The molecule has 0 amide bonds. The van der Waals surface area contributed by atoms with Gasteiger partial charge in [0.05, 0.1) is 11.9 Å². The number of nitrogens with one attached hydrogen (secondary N) is 1. The number of nitrogens with zero attached hydrogens (tertiary/aromatic N) is 1. The molecule has 2 aromatic carbocycles. The Morgan fingerprint density at radius 1 is 1.00 bits per heavy atom. The van der Waals surface area contributed by atoms with E-state index in [1.54, 1.807) is 0 Å². The summed E-state index contributed by atoms with van der Waals surface area (Å²) < 4.78 is 5.88. The van der Waals surface area contributed by atoms with Crippen LogP contribution in [-0.2, 0) is 0 Å². The number of aliphatic hydroxyl groups is 1. The van der Waals surface area contributed by atoms with Crippen molar-refractivity contribution in [2.75, 3.05) is 19.7 Å². The van der Waals surface area contributed by atoms with Crippen LogP contribution in [0.2, 0.25) is 0 Å². The molecule has 0 aliphatic carbocycles. The highest BCUT2D eigenvalue weighted by atomic mass is 16.5. The van der Waals surface area contributed by atoms with E-state index in [0.29, 0.717) is 12.3 Å². The summed E-state index contributed by atoms with van der Waals surface area (Å²) in [5.74, 6) is 1.28. The zero-order valence-electron chi connectivity index (χ0n) is 14.5. The molecular formula is C21H26N2O2. The molecule has 1 aliphatic heterocycles. The van der Waals surface area contributed by atoms with Gasteiger partial charge in [0.1, 0.15) is 12.4 Å². The third kappa shape index (κ3) is 4.83. The molecule has 1 heterocycles. The van der Waals surface area contributed by atoms with Crippen LogP contribution >= 0.6 is 0 Å². The fourth-order valence-corrected chi connectivity index (χ4v) is 3.21. The molecule has 4 nitrogen and oxygen atoms in total. The van der Waals surface area contributed by atoms with Crippen molar-refractivity contribution >= 4 is 5.84 Å². The number of hydrogen-bond donors (Lipinski definition) is 2. The highest BCUT2D eigenvalue weighted by Gasteiger charge is 2.17. The molecule has 25 heavy (non-hydrogen) atoms. The predicted octanol–water partition coefficient (Wildman–Crippen LogP) is 3.95. The molecule has 1 aliphatic rings. The van der Waals surface area contributed by atoms with E-state index in [0.717, 1.165) is 42.8 Å². The summed E-state index contributed by atoms with van der Waals surface area (Å²) in [5.41, 5.74) is 2.11. The van der Waals surface area contributed by atoms with E-state index in [4.69, 9.17) is 10.1 Å². The summed E-state index contributed by atoms with van der Waals surface area (Å²) in [7, 11) is 0. The van der Waals surface area contributed by atoms with Gasteiger partial charge in [-0.1, -0.05) is 48.5 Å². The van der Waals surface area contributed by atoms with Crippen LogP contribution in [0.25, 0.3) is 11.1 Å². The zero-order valence-corrected chi connectivity index (χ0v) is 14.5. The lowest BCUT2D eigenvalue weighted by Gasteiger charge is -2.29. The van der Waals surface area contributed by atoms with E-state index >= 15 is 0 Å². The van der Waals surface area contributed by atoms with Crippen LogP contribution in [0.1, 0.15) is 25.7 Å². The first-order valence-corrected chi connectivity index (χ1v) is 9.02. The molecule has 1 atom stereocenters. The summed E-state index contributed by atoms with van der Waals surface area (Å²) in [6.45, 7) is 2.06. The number of benzene rings is 2. The monoisotopic (exact) mass is 338 g/mol. The van der Waals surface area contributed by atoms with Crippen LogP contribution < -0.4 is 4.74 Å². The first-order valence-electron chi connectivity index (χ1n) is 9.02. The Morgan fingerprint density at radius 2 is 1.68 bits per heavy atom. The third-order valence-corrected chi connectivity index (χ3v) is 4.57. The first-order chi connectivity index (χ1) is 12.2. The minimum absolute atomic E-state index is 0.195. The fourth-order valence-electron chi connectivity index (χ4n) is 3.21. The minimum Gasteiger partial charge on any atom is -0.490 e. The maximum Gasteiger partial charge on any atom is 0.127 e. The molecule has 1 fully saturated rings. The van der Waals surface area contributed by atoms with E-state index in [-0.39, 0.29) is 6.61 Å². The summed E-state index contributed by atoms with van der Waals surface area (Å²) in [6, 6.07) is 17.9. The summed E-state index contributed by atoms with van der Waals surface area (Å²) in [5, 5.41) is 18.5. The van der Waals surface area contributed by atoms with Crippen molar-refractivity contribution in [3.63, 3.8) is 0 Å². The number of hydrogen-bond acceptors (Lipinski definition) is 3. The SMILES string of the molecule is N=C(C[C@H](O)COc1ccccc1-c1ccccc1)N1CCCCC1. The fraction of sp³-hybridized carbons (Fsp3) is 0.381. The average molecular weight is 338 g/mol. The van der Waals surface area contributed by atoms with Crippen molar-refractivity contribution < 1.29 is 9.84 Å². The Hall–Kier alpha value is -2.33. The van der Waals surface area contributed by atoms with E-state index < -0.39 is 6.10 Å². The summed E-state index contributed by atoms with van der Waals surface area (Å²) in [6.07, 6.45) is 3.19. The van der Waals surface area contributed by atoms with Crippen molar-refractivity contribution in [1.82, 2.24) is 4.90 Å². The zero-order chi connectivity index (χ0) is 17.5. The molecule has 0 unspecified atom stereocenters. The minimum atomic E-state index is -0.668. The van der Waals surface area contributed by atoms with Gasteiger partial charge >= 0.3 is 0 Å². The van der Waals surface area contributed by atoms with Gasteiger partial charge in [-0.25, -0.2) is 0 Å². The Bertz CT molecular complexity index is 681. The molecule has 0 spiro atoms. The molecular weight excluding hydrogens is 312 g/mol. The number of likely N-dealkylation sites (tertiary alicyclic amines) is 1. The Balaban J connectivity index is 1.57. The lowest BCUT2D eigenvalue weighted by molar-refractivity contribution is 0.110. The van der Waals surface area contributed by atoms with Crippen molar-refractivity contribution in [3.8, 4) is 16.9 Å². The second-order valence-corrected chi connectivity index (χ2v) is 6.53. The highest BCUT2D eigenvalue weighted by Crippen LogP contribution is 2.29. The molecule has 1 saturated heterocycles. The van der Waals surface area contributed by atoms with Crippen LogP contribution in [0.5, 0.6) is 5.75 Å². The molecule has 132 valence electrons. The van der Waals surface area contributed by atoms with Gasteiger partial charge in [0.2, 0.25) is 0 Å². The topological polar surface area (TPSA) is 56.6 Å². The third-order valence-electron chi connectivity index (χ3n) is 4.57. The number of ether oxygens (including phenoxy) is 1. The Labute approximate surface area is 149 Å². The average Bonchev–Trinajstić information content (AvgIpc) is 2.68. The van der Waals surface area contributed by atoms with Crippen LogP contribution in [0.3, 0.4) is 0 Å². The van der Waals surface area contributed by atoms with E-state index in [1.807, 2.05) is 54.6 Å². The van der Waals surface area contributed by atoms with Gasteiger partial charge in [-0.15, -0.1) is 0 Å². The van der Waals surface area contributed by atoms with Crippen molar-refractivity contribution in [3.05, 3.63) is 54.6 Å². The number of amidine groups is 1. The van der Waals surface area contributed by atoms with Crippen LogP contribution in [0.15, 0.2) is 54.6 Å². The van der Waals surface area contributed by atoms with Crippen LogP contribution in [0.4, 0.5) is 0 Å². The van der Waals surface area contributed by atoms with Gasteiger partial charge in [-0.05, 0) is 30.9 Å².